The van der Waals surface area contributed by atoms with Gasteiger partial charge in [0.05, 0.1) is 11.6 Å². The van der Waals surface area contributed by atoms with E-state index >= 15 is 0 Å². The van der Waals surface area contributed by atoms with E-state index in [1.54, 1.807) is 0 Å². The zero-order valence-electron chi connectivity index (χ0n) is 14.4. The Labute approximate surface area is 141 Å². The zero-order valence-corrected chi connectivity index (χ0v) is 14.4. The summed E-state index contributed by atoms with van der Waals surface area (Å²) in [6, 6.07) is 2.27. The molecular weight excluding hydrogens is 306 g/mol. The number of aryl methyl sites for hydroxylation is 1. The Morgan fingerprint density at radius 3 is 2.75 bits per heavy atom. The monoisotopic (exact) mass is 327 g/mol. The lowest BCUT2D eigenvalue weighted by Gasteiger charge is -2.32. The van der Waals surface area contributed by atoms with E-state index < -0.39 is 0 Å². The zero-order chi connectivity index (χ0) is 17.3. The molecule has 24 heavy (non-hydrogen) atoms. The summed E-state index contributed by atoms with van der Waals surface area (Å²) in [5, 5.41) is 22.0. The molecule has 0 spiro atoms. The molecule has 0 aliphatic carbocycles. The molecule has 0 N–H and O–H groups in total. The highest BCUT2D eigenvalue weighted by molar-refractivity contribution is 5.57. The summed E-state index contributed by atoms with van der Waals surface area (Å²) < 4.78 is 5.42. The highest BCUT2D eigenvalue weighted by Gasteiger charge is 2.29. The van der Waals surface area contributed by atoms with Crippen LogP contribution < -0.4 is 9.80 Å². The highest BCUT2D eigenvalue weighted by Crippen LogP contribution is 2.31. The van der Waals surface area contributed by atoms with Crippen molar-refractivity contribution >= 4 is 11.8 Å². The van der Waals surface area contributed by atoms with Gasteiger partial charge >= 0.3 is 0 Å². The lowest BCUT2D eigenvalue weighted by Crippen LogP contribution is -2.36. The van der Waals surface area contributed by atoms with E-state index in [-0.39, 0.29) is 5.92 Å². The van der Waals surface area contributed by atoms with Crippen molar-refractivity contribution in [3.8, 4) is 6.07 Å². The minimum atomic E-state index is 0.134. The Kier molecular flexibility index (Phi) is 4.34. The molecule has 0 radical (unpaired) electrons. The van der Waals surface area contributed by atoms with E-state index in [4.69, 9.17) is 4.52 Å². The van der Waals surface area contributed by atoms with Gasteiger partial charge in [0.25, 0.3) is 5.95 Å². The van der Waals surface area contributed by atoms with Gasteiger partial charge in [-0.2, -0.15) is 15.3 Å². The number of hydrogen-bond donors (Lipinski definition) is 0. The number of nitrogens with zero attached hydrogens (tertiary/aromatic N) is 7. The van der Waals surface area contributed by atoms with E-state index in [2.05, 4.69) is 31.3 Å². The Bertz CT molecular complexity index is 777. The second-order valence-corrected chi connectivity index (χ2v) is 6.33. The van der Waals surface area contributed by atoms with Crippen LogP contribution in [0.2, 0.25) is 0 Å². The van der Waals surface area contributed by atoms with Gasteiger partial charge in [-0.3, -0.25) is 0 Å². The third-order valence-corrected chi connectivity index (χ3v) is 4.45. The standard InChI is InChI=1S/C16H21N7O/c1-10-11(2)19-20-14(13(10)8-17)23-7-5-6-12(9-23)15-18-16(21-24-15)22(3)4/h12H,5-7,9H2,1-4H3. The van der Waals surface area contributed by atoms with Gasteiger partial charge in [-0.1, -0.05) is 0 Å². The molecule has 3 heterocycles. The van der Waals surface area contributed by atoms with Crippen LogP contribution in [0.5, 0.6) is 0 Å². The SMILES string of the molecule is Cc1nnc(N2CCCC(c3nc(N(C)C)no3)C2)c(C#N)c1C. The fraction of sp³-hybridized carbons (Fsp3) is 0.562. The van der Waals surface area contributed by atoms with Crippen molar-refractivity contribution in [1.82, 2.24) is 20.3 Å². The van der Waals surface area contributed by atoms with Crippen molar-refractivity contribution in [3.05, 3.63) is 22.7 Å². The van der Waals surface area contributed by atoms with Gasteiger partial charge in [0.2, 0.25) is 5.89 Å². The predicted octanol–water partition coefficient (Wildman–Crippen LogP) is 1.80. The average Bonchev–Trinajstić information content (AvgIpc) is 3.07. The highest BCUT2D eigenvalue weighted by atomic mass is 16.5. The third-order valence-electron chi connectivity index (χ3n) is 4.45. The average molecular weight is 327 g/mol. The van der Waals surface area contributed by atoms with Crippen molar-refractivity contribution in [3.63, 3.8) is 0 Å². The summed E-state index contributed by atoms with van der Waals surface area (Å²) in [6.07, 6.45) is 1.95. The minimum Gasteiger partial charge on any atom is -0.353 e. The van der Waals surface area contributed by atoms with E-state index in [1.807, 2.05) is 32.8 Å². The summed E-state index contributed by atoms with van der Waals surface area (Å²) in [6.45, 7) is 5.32. The van der Waals surface area contributed by atoms with Gasteiger partial charge in [-0.05, 0) is 37.4 Å². The molecule has 1 saturated heterocycles. The molecular formula is C16H21N7O. The number of nitriles is 1. The largest absolute Gasteiger partial charge is 0.353 e. The molecule has 126 valence electrons. The van der Waals surface area contributed by atoms with Gasteiger partial charge in [-0.25, -0.2) is 0 Å². The maximum Gasteiger partial charge on any atom is 0.265 e. The summed E-state index contributed by atoms with van der Waals surface area (Å²) in [7, 11) is 3.76. The Morgan fingerprint density at radius 2 is 2.08 bits per heavy atom. The van der Waals surface area contributed by atoms with Gasteiger partial charge in [0.15, 0.2) is 5.82 Å². The van der Waals surface area contributed by atoms with Crippen LogP contribution in [-0.4, -0.2) is 47.5 Å². The molecule has 3 rings (SSSR count). The Morgan fingerprint density at radius 1 is 1.29 bits per heavy atom. The van der Waals surface area contributed by atoms with Crippen molar-refractivity contribution in [2.45, 2.75) is 32.6 Å². The summed E-state index contributed by atoms with van der Waals surface area (Å²) in [4.78, 5) is 8.37. The van der Waals surface area contributed by atoms with Crippen molar-refractivity contribution in [1.29, 1.82) is 5.26 Å². The van der Waals surface area contributed by atoms with Gasteiger partial charge < -0.3 is 14.3 Å². The first-order valence-electron chi connectivity index (χ1n) is 8.01. The van der Waals surface area contributed by atoms with Crippen LogP contribution >= 0.6 is 0 Å². The van der Waals surface area contributed by atoms with E-state index in [9.17, 15) is 5.26 Å². The predicted molar refractivity (Wildman–Crippen MR) is 89.0 cm³/mol. The van der Waals surface area contributed by atoms with Crippen LogP contribution in [0.25, 0.3) is 0 Å². The van der Waals surface area contributed by atoms with Crippen LogP contribution in [0.3, 0.4) is 0 Å². The van der Waals surface area contributed by atoms with Crippen LogP contribution in [0.1, 0.15) is 41.5 Å². The van der Waals surface area contributed by atoms with Crippen LogP contribution in [-0.2, 0) is 0 Å². The van der Waals surface area contributed by atoms with Gasteiger partial charge in [-0.15, -0.1) is 5.10 Å². The number of rotatable bonds is 3. The summed E-state index contributed by atoms with van der Waals surface area (Å²) >= 11 is 0. The molecule has 1 unspecified atom stereocenters. The molecule has 1 aliphatic rings. The molecule has 1 aliphatic heterocycles. The first-order chi connectivity index (χ1) is 11.5. The Balaban J connectivity index is 1.86. The van der Waals surface area contributed by atoms with E-state index in [1.165, 1.54) is 0 Å². The number of aromatic nitrogens is 4. The van der Waals surface area contributed by atoms with Crippen molar-refractivity contribution in [2.24, 2.45) is 0 Å². The summed E-state index contributed by atoms with van der Waals surface area (Å²) in [5.41, 5.74) is 2.27. The molecule has 0 aromatic carbocycles. The molecule has 2 aromatic heterocycles. The number of piperidine rings is 1. The second-order valence-electron chi connectivity index (χ2n) is 6.33. The first-order valence-corrected chi connectivity index (χ1v) is 8.01. The van der Waals surface area contributed by atoms with Gasteiger partial charge in [0.1, 0.15) is 11.6 Å². The normalized spacial score (nSPS) is 17.6. The first kappa shape index (κ1) is 16.2. The molecule has 8 heteroatoms. The second kappa shape index (κ2) is 6.43. The van der Waals surface area contributed by atoms with Crippen LogP contribution in [0.15, 0.2) is 4.52 Å². The molecule has 0 saturated carbocycles. The topological polar surface area (TPSA) is 95.0 Å². The van der Waals surface area contributed by atoms with E-state index in [0.717, 1.165) is 30.6 Å². The molecule has 0 bridgehead atoms. The lowest BCUT2D eigenvalue weighted by molar-refractivity contribution is 0.332. The molecule has 1 fully saturated rings. The smallest absolute Gasteiger partial charge is 0.265 e. The lowest BCUT2D eigenvalue weighted by atomic mass is 9.97. The maximum atomic E-state index is 9.51. The van der Waals surface area contributed by atoms with E-state index in [0.29, 0.717) is 29.8 Å². The molecule has 0 amide bonds. The van der Waals surface area contributed by atoms with Crippen LogP contribution in [0, 0.1) is 25.2 Å². The number of anilines is 2. The fourth-order valence-electron chi connectivity index (χ4n) is 2.90. The molecule has 8 nitrogen and oxygen atoms in total. The quantitative estimate of drug-likeness (QED) is 0.842. The maximum absolute atomic E-state index is 9.51. The van der Waals surface area contributed by atoms with Crippen molar-refractivity contribution < 1.29 is 4.52 Å². The molecule has 2 aromatic rings. The van der Waals surface area contributed by atoms with Crippen LogP contribution in [0.4, 0.5) is 11.8 Å². The number of hydrogen-bond acceptors (Lipinski definition) is 8. The molecule has 1 atom stereocenters. The van der Waals surface area contributed by atoms with Crippen molar-refractivity contribution in [2.75, 3.05) is 37.0 Å². The third kappa shape index (κ3) is 2.89. The minimum absolute atomic E-state index is 0.134. The Hall–Kier alpha value is -2.69. The summed E-state index contributed by atoms with van der Waals surface area (Å²) in [5.74, 6) is 2.00. The fourth-order valence-corrected chi connectivity index (χ4v) is 2.90. The van der Waals surface area contributed by atoms with Gasteiger partial charge in [0, 0.05) is 27.2 Å².